The average Bonchev–Trinajstić information content (AvgIpc) is 2.85. The third-order valence-corrected chi connectivity index (χ3v) is 9.13. The minimum Gasteiger partial charge on any atom is -0.486 e. The fourth-order valence-corrected chi connectivity index (χ4v) is 7.66. The zero-order valence-corrected chi connectivity index (χ0v) is 21.5. The number of para-hydroxylation sites is 2. The summed E-state index contributed by atoms with van der Waals surface area (Å²) in [6.07, 6.45) is 2.13. The highest BCUT2D eigenvalue weighted by Gasteiger charge is 2.71. The van der Waals surface area contributed by atoms with E-state index in [1.807, 2.05) is 56.6 Å². The van der Waals surface area contributed by atoms with Crippen molar-refractivity contribution in [2.45, 2.75) is 50.4 Å². The number of hydrogen-bond donors (Lipinski definition) is 0. The molecule has 1 amide bonds. The van der Waals surface area contributed by atoms with E-state index in [1.54, 1.807) is 9.47 Å². The number of pyridine rings is 1. The number of carbonyl (C=O) groups is 1. The van der Waals surface area contributed by atoms with Gasteiger partial charge in [-0.05, 0) is 45.9 Å². The van der Waals surface area contributed by atoms with E-state index >= 15 is 0 Å². The van der Waals surface area contributed by atoms with Crippen LogP contribution < -0.4 is 15.2 Å². The summed E-state index contributed by atoms with van der Waals surface area (Å²) in [6.45, 7) is 8.42. The Morgan fingerprint density at radius 1 is 0.889 bits per heavy atom. The second-order valence-corrected chi connectivity index (χ2v) is 11.8. The lowest BCUT2D eigenvalue weighted by atomic mass is 9.49. The van der Waals surface area contributed by atoms with Crippen molar-refractivity contribution in [3.8, 4) is 5.75 Å². The van der Waals surface area contributed by atoms with Crippen LogP contribution in [0.1, 0.15) is 44.7 Å². The Kier molecular flexibility index (Phi) is 3.94. The Labute approximate surface area is 210 Å². The maximum absolute atomic E-state index is 14.2. The molecule has 0 radical (unpaired) electrons. The SMILES string of the molecule is CN1C(=O)C2=CC3C4C(c5c(c6ccccc6n(C)c5=O)OC4(C)C)C2(OC3(C)C)c2ccccc21. The zero-order chi connectivity index (χ0) is 25.4. The lowest BCUT2D eigenvalue weighted by Crippen LogP contribution is -2.70. The standard InChI is InChI=1S/C30H30N2O4/c1-28(2)18-15-19-26(33)32(6)21-14-10-8-12-17(21)30(19,36-28)24-22-25(35-29(3,4)23(18)24)16-11-7-9-13-20(16)31(5)27(22)34/h7-15,18,23-24H,1-6H3. The normalized spacial score (nSPS) is 30.6. The van der Waals surface area contributed by atoms with Crippen LogP contribution in [-0.2, 0) is 22.2 Å². The van der Waals surface area contributed by atoms with Crippen LogP contribution in [0.3, 0.4) is 0 Å². The molecule has 2 bridgehead atoms. The van der Waals surface area contributed by atoms with E-state index < -0.39 is 16.8 Å². The first-order chi connectivity index (χ1) is 17.0. The van der Waals surface area contributed by atoms with E-state index in [9.17, 15) is 9.59 Å². The first kappa shape index (κ1) is 21.9. The summed E-state index contributed by atoms with van der Waals surface area (Å²) in [5.41, 5.74) is 1.46. The summed E-state index contributed by atoms with van der Waals surface area (Å²) >= 11 is 0. The molecule has 1 spiro atoms. The zero-order valence-electron chi connectivity index (χ0n) is 21.5. The molecule has 8 rings (SSSR count). The summed E-state index contributed by atoms with van der Waals surface area (Å²) in [7, 11) is 3.63. The van der Waals surface area contributed by atoms with Crippen molar-refractivity contribution in [2.24, 2.45) is 18.9 Å². The Bertz CT molecular complexity index is 1600. The summed E-state index contributed by atoms with van der Waals surface area (Å²) in [5, 5.41) is 0.899. The molecule has 4 atom stereocenters. The van der Waals surface area contributed by atoms with Gasteiger partial charge in [-0.3, -0.25) is 9.59 Å². The molecule has 5 aliphatic rings. The van der Waals surface area contributed by atoms with Crippen molar-refractivity contribution in [1.82, 2.24) is 4.57 Å². The van der Waals surface area contributed by atoms with Gasteiger partial charge in [-0.25, -0.2) is 0 Å². The molecule has 1 aliphatic carbocycles. The highest BCUT2D eigenvalue weighted by molar-refractivity contribution is 6.10. The van der Waals surface area contributed by atoms with Crippen LogP contribution in [0, 0.1) is 11.8 Å². The quantitative estimate of drug-likeness (QED) is 0.468. The van der Waals surface area contributed by atoms with Crippen molar-refractivity contribution in [3.63, 3.8) is 0 Å². The number of benzene rings is 2. The van der Waals surface area contributed by atoms with Crippen molar-refractivity contribution in [3.05, 3.63) is 81.7 Å². The van der Waals surface area contributed by atoms with E-state index in [4.69, 9.17) is 9.47 Å². The van der Waals surface area contributed by atoms with Crippen LogP contribution in [0.25, 0.3) is 10.9 Å². The first-order valence-electron chi connectivity index (χ1n) is 12.6. The van der Waals surface area contributed by atoms with Gasteiger partial charge < -0.3 is 18.9 Å². The van der Waals surface area contributed by atoms with Crippen LogP contribution in [0.4, 0.5) is 5.69 Å². The van der Waals surface area contributed by atoms with Gasteiger partial charge in [0.2, 0.25) is 0 Å². The number of aromatic nitrogens is 1. The smallest absolute Gasteiger partial charge is 0.258 e. The van der Waals surface area contributed by atoms with Crippen LogP contribution >= 0.6 is 0 Å². The third-order valence-electron chi connectivity index (χ3n) is 9.13. The van der Waals surface area contributed by atoms with Gasteiger partial charge in [-0.15, -0.1) is 0 Å². The van der Waals surface area contributed by atoms with Gasteiger partial charge in [0.05, 0.1) is 27.9 Å². The summed E-state index contributed by atoms with van der Waals surface area (Å²) < 4.78 is 15.6. The van der Waals surface area contributed by atoms with E-state index in [-0.39, 0.29) is 29.2 Å². The van der Waals surface area contributed by atoms with Crippen LogP contribution in [0.15, 0.2) is 65.0 Å². The minimum atomic E-state index is -1.09. The predicted octanol–water partition coefficient (Wildman–Crippen LogP) is 4.65. The van der Waals surface area contributed by atoms with Crippen LogP contribution in [0.2, 0.25) is 0 Å². The Balaban J connectivity index is 1.67. The summed E-state index contributed by atoms with van der Waals surface area (Å²) in [6, 6.07) is 15.8. The summed E-state index contributed by atoms with van der Waals surface area (Å²) in [5.74, 6) is -0.0177. The molecular weight excluding hydrogens is 452 g/mol. The molecule has 1 aromatic heterocycles. The van der Waals surface area contributed by atoms with E-state index in [2.05, 4.69) is 39.8 Å². The average molecular weight is 483 g/mol. The van der Waals surface area contributed by atoms with Gasteiger partial charge >= 0.3 is 0 Å². The molecule has 6 nitrogen and oxygen atoms in total. The third kappa shape index (κ3) is 2.32. The fraction of sp³-hybridized carbons (Fsp3) is 0.400. The molecule has 184 valence electrons. The van der Waals surface area contributed by atoms with Crippen molar-refractivity contribution < 1.29 is 14.3 Å². The Morgan fingerprint density at radius 3 is 2.36 bits per heavy atom. The molecule has 0 saturated carbocycles. The molecule has 3 aromatic rings. The molecule has 4 aliphatic heterocycles. The van der Waals surface area contributed by atoms with Gasteiger partial charge in [0.15, 0.2) is 0 Å². The van der Waals surface area contributed by atoms with Gasteiger partial charge in [-0.1, -0.05) is 36.4 Å². The maximum atomic E-state index is 14.2. The van der Waals surface area contributed by atoms with Crippen molar-refractivity contribution in [1.29, 1.82) is 0 Å². The fourth-order valence-electron chi connectivity index (χ4n) is 7.66. The van der Waals surface area contributed by atoms with Gasteiger partial charge in [0, 0.05) is 42.8 Å². The number of aryl methyl sites for hydroxylation is 1. The second kappa shape index (κ2) is 6.48. The van der Waals surface area contributed by atoms with Gasteiger partial charge in [0.25, 0.3) is 11.5 Å². The predicted molar refractivity (Wildman–Crippen MR) is 138 cm³/mol. The molecule has 1 fully saturated rings. The number of fused-ring (bicyclic) bond motifs is 5. The number of likely N-dealkylation sites (N-methyl/N-ethyl adjacent to an activating group) is 1. The largest absolute Gasteiger partial charge is 0.486 e. The first-order valence-corrected chi connectivity index (χ1v) is 12.6. The number of ether oxygens (including phenoxy) is 2. The maximum Gasteiger partial charge on any atom is 0.258 e. The summed E-state index contributed by atoms with van der Waals surface area (Å²) in [4.78, 5) is 29.8. The van der Waals surface area contributed by atoms with E-state index in [1.165, 1.54) is 0 Å². The molecule has 0 N–H and O–H groups in total. The number of carbonyl (C=O) groups excluding carboxylic acids is 1. The number of amides is 1. The molecule has 1 saturated heterocycles. The molecule has 2 aromatic carbocycles. The molecule has 36 heavy (non-hydrogen) atoms. The lowest BCUT2D eigenvalue weighted by Gasteiger charge is -2.66. The van der Waals surface area contributed by atoms with Crippen molar-refractivity contribution >= 4 is 22.5 Å². The molecular formula is C30H30N2O4. The van der Waals surface area contributed by atoms with Crippen LogP contribution in [0.5, 0.6) is 5.75 Å². The number of nitrogens with zero attached hydrogens (tertiary/aromatic N) is 2. The van der Waals surface area contributed by atoms with E-state index in [0.717, 1.165) is 22.2 Å². The molecule has 6 heteroatoms. The Morgan fingerprint density at radius 2 is 1.58 bits per heavy atom. The highest BCUT2D eigenvalue weighted by atomic mass is 16.5. The van der Waals surface area contributed by atoms with E-state index in [0.29, 0.717) is 16.9 Å². The van der Waals surface area contributed by atoms with Gasteiger partial charge in [0.1, 0.15) is 17.0 Å². The van der Waals surface area contributed by atoms with Gasteiger partial charge in [-0.2, -0.15) is 0 Å². The van der Waals surface area contributed by atoms with Crippen LogP contribution in [-0.4, -0.2) is 28.7 Å². The number of hydrogen-bond acceptors (Lipinski definition) is 4. The highest BCUT2D eigenvalue weighted by Crippen LogP contribution is 2.70. The monoisotopic (exact) mass is 482 g/mol. The topological polar surface area (TPSA) is 60.8 Å². The van der Waals surface area contributed by atoms with Crippen molar-refractivity contribution in [2.75, 3.05) is 11.9 Å². The Hall–Kier alpha value is -3.38. The number of rotatable bonds is 0. The number of anilines is 1. The molecule has 5 heterocycles. The lowest BCUT2D eigenvalue weighted by molar-refractivity contribution is -0.252. The minimum absolute atomic E-state index is 0.0730. The second-order valence-electron chi connectivity index (χ2n) is 11.8. The molecule has 4 unspecified atom stereocenters.